The first-order valence-corrected chi connectivity index (χ1v) is 6.85. The summed E-state index contributed by atoms with van der Waals surface area (Å²) in [6.07, 6.45) is 5.04. The molecule has 2 N–H and O–H groups in total. The van der Waals surface area contributed by atoms with E-state index >= 15 is 0 Å². The second kappa shape index (κ2) is 4.27. The number of hydrogen-bond donors (Lipinski definition) is 1. The smallest absolute Gasteiger partial charge is 0.130 e. The highest BCUT2D eigenvalue weighted by atomic mass is 16.5. The third kappa shape index (κ3) is 1.65. The number of fused-ring (bicyclic) bond motifs is 3. The standard InChI is InChI=1S/C18H15NO/c19-15-7-4-8-16-18(15)14-10-9-13(11-17(14)20-16)12-5-2-1-3-6-12/h1-7,9-11,16H,8,19H2. The quantitative estimate of drug-likeness (QED) is 0.848. The highest BCUT2D eigenvalue weighted by Gasteiger charge is 2.31. The van der Waals surface area contributed by atoms with Crippen molar-refractivity contribution in [1.82, 2.24) is 0 Å². The molecule has 0 saturated carbocycles. The van der Waals surface area contributed by atoms with Crippen LogP contribution in [-0.4, -0.2) is 6.10 Å². The fourth-order valence-electron chi connectivity index (χ4n) is 2.95. The van der Waals surface area contributed by atoms with E-state index in [9.17, 15) is 0 Å². The van der Waals surface area contributed by atoms with Crippen LogP contribution in [0.2, 0.25) is 0 Å². The highest BCUT2D eigenvalue weighted by molar-refractivity contribution is 5.83. The lowest BCUT2D eigenvalue weighted by Crippen LogP contribution is -2.17. The largest absolute Gasteiger partial charge is 0.485 e. The highest BCUT2D eigenvalue weighted by Crippen LogP contribution is 2.43. The van der Waals surface area contributed by atoms with E-state index in [0.717, 1.165) is 29.0 Å². The molecular formula is C18H15NO. The lowest BCUT2D eigenvalue weighted by atomic mass is 9.93. The summed E-state index contributed by atoms with van der Waals surface area (Å²) >= 11 is 0. The molecule has 1 heterocycles. The predicted octanol–water partition coefficient (Wildman–Crippen LogP) is 3.74. The Hall–Kier alpha value is -2.48. The van der Waals surface area contributed by atoms with Crippen molar-refractivity contribution >= 4 is 5.57 Å². The molecule has 1 aliphatic heterocycles. The molecule has 2 nitrogen and oxygen atoms in total. The van der Waals surface area contributed by atoms with Crippen molar-refractivity contribution in [2.75, 3.05) is 0 Å². The molecule has 0 saturated heterocycles. The van der Waals surface area contributed by atoms with Crippen molar-refractivity contribution in [3.8, 4) is 16.9 Å². The Morgan fingerprint density at radius 1 is 1.00 bits per heavy atom. The molecule has 0 amide bonds. The van der Waals surface area contributed by atoms with Gasteiger partial charge in [0.25, 0.3) is 0 Å². The van der Waals surface area contributed by atoms with Gasteiger partial charge in [0.05, 0.1) is 0 Å². The molecule has 2 aliphatic rings. The molecule has 0 bridgehead atoms. The van der Waals surface area contributed by atoms with Crippen LogP contribution < -0.4 is 10.5 Å². The van der Waals surface area contributed by atoms with Gasteiger partial charge < -0.3 is 10.5 Å². The molecule has 0 spiro atoms. The van der Waals surface area contributed by atoms with Gasteiger partial charge in [0, 0.05) is 23.3 Å². The van der Waals surface area contributed by atoms with Gasteiger partial charge in [-0.25, -0.2) is 0 Å². The fourth-order valence-corrected chi connectivity index (χ4v) is 2.95. The minimum atomic E-state index is 0.0843. The SMILES string of the molecule is NC1=C2c3ccc(-c4ccccc4)cc3OC2CC=C1. The average molecular weight is 261 g/mol. The van der Waals surface area contributed by atoms with Crippen LogP contribution >= 0.6 is 0 Å². The first-order valence-electron chi connectivity index (χ1n) is 6.85. The Morgan fingerprint density at radius 2 is 1.85 bits per heavy atom. The van der Waals surface area contributed by atoms with Crippen LogP contribution in [0.15, 0.2) is 66.4 Å². The van der Waals surface area contributed by atoms with Crippen molar-refractivity contribution in [1.29, 1.82) is 0 Å². The second-order valence-electron chi connectivity index (χ2n) is 5.19. The summed E-state index contributed by atoms with van der Waals surface area (Å²) in [4.78, 5) is 0. The zero-order valence-corrected chi connectivity index (χ0v) is 11.0. The average Bonchev–Trinajstić information content (AvgIpc) is 2.87. The van der Waals surface area contributed by atoms with Gasteiger partial charge in [0.1, 0.15) is 11.9 Å². The first kappa shape index (κ1) is 11.4. The summed E-state index contributed by atoms with van der Waals surface area (Å²) in [6.45, 7) is 0. The van der Waals surface area contributed by atoms with Gasteiger partial charge in [0.2, 0.25) is 0 Å². The number of benzene rings is 2. The summed E-state index contributed by atoms with van der Waals surface area (Å²) in [5, 5.41) is 0. The molecule has 2 aromatic rings. The predicted molar refractivity (Wildman–Crippen MR) is 81.2 cm³/mol. The monoisotopic (exact) mass is 261 g/mol. The lowest BCUT2D eigenvalue weighted by molar-refractivity contribution is 0.278. The summed E-state index contributed by atoms with van der Waals surface area (Å²) in [6, 6.07) is 16.7. The third-order valence-corrected chi connectivity index (χ3v) is 3.93. The molecule has 2 aromatic carbocycles. The van der Waals surface area contributed by atoms with Crippen molar-refractivity contribution in [2.45, 2.75) is 12.5 Å². The van der Waals surface area contributed by atoms with E-state index in [4.69, 9.17) is 10.5 Å². The minimum Gasteiger partial charge on any atom is -0.485 e. The van der Waals surface area contributed by atoms with Gasteiger partial charge in [-0.3, -0.25) is 0 Å². The zero-order valence-electron chi connectivity index (χ0n) is 11.0. The fraction of sp³-hybridized carbons (Fsp3) is 0.111. The van der Waals surface area contributed by atoms with Crippen LogP contribution in [0, 0.1) is 0 Å². The van der Waals surface area contributed by atoms with E-state index in [1.54, 1.807) is 0 Å². The number of nitrogens with two attached hydrogens (primary N) is 1. The van der Waals surface area contributed by atoms with E-state index in [2.05, 4.69) is 36.4 Å². The molecule has 4 rings (SSSR count). The van der Waals surface area contributed by atoms with E-state index < -0.39 is 0 Å². The van der Waals surface area contributed by atoms with Crippen LogP contribution in [0.1, 0.15) is 12.0 Å². The molecular weight excluding hydrogens is 246 g/mol. The Morgan fingerprint density at radius 3 is 2.70 bits per heavy atom. The van der Waals surface area contributed by atoms with Gasteiger partial charge >= 0.3 is 0 Å². The number of ether oxygens (including phenoxy) is 1. The Kier molecular flexibility index (Phi) is 2.43. The van der Waals surface area contributed by atoms with Crippen LogP contribution in [0.3, 0.4) is 0 Å². The van der Waals surface area contributed by atoms with Crippen molar-refractivity contribution < 1.29 is 4.74 Å². The Bertz CT molecular complexity index is 728. The summed E-state index contributed by atoms with van der Waals surface area (Å²) in [7, 11) is 0. The molecule has 98 valence electrons. The van der Waals surface area contributed by atoms with E-state index in [1.165, 1.54) is 11.1 Å². The maximum atomic E-state index is 6.10. The molecule has 1 atom stereocenters. The zero-order chi connectivity index (χ0) is 13.5. The van der Waals surface area contributed by atoms with Gasteiger partial charge in [0.15, 0.2) is 0 Å². The van der Waals surface area contributed by atoms with Crippen molar-refractivity contribution in [3.05, 3.63) is 71.9 Å². The Balaban J connectivity index is 1.82. The van der Waals surface area contributed by atoms with Gasteiger partial charge in [-0.15, -0.1) is 0 Å². The van der Waals surface area contributed by atoms with Gasteiger partial charge in [-0.2, -0.15) is 0 Å². The summed E-state index contributed by atoms with van der Waals surface area (Å²) in [5.74, 6) is 0.943. The van der Waals surface area contributed by atoms with Gasteiger partial charge in [-0.1, -0.05) is 48.5 Å². The van der Waals surface area contributed by atoms with Crippen molar-refractivity contribution in [2.24, 2.45) is 5.73 Å². The molecule has 0 radical (unpaired) electrons. The molecule has 20 heavy (non-hydrogen) atoms. The van der Waals surface area contributed by atoms with Gasteiger partial charge in [-0.05, 0) is 23.3 Å². The maximum absolute atomic E-state index is 6.10. The molecule has 0 fully saturated rings. The van der Waals surface area contributed by atoms with E-state index in [0.29, 0.717) is 0 Å². The number of hydrogen-bond acceptors (Lipinski definition) is 2. The Labute approximate surface area is 118 Å². The molecule has 1 unspecified atom stereocenters. The lowest BCUT2D eigenvalue weighted by Gasteiger charge is -2.15. The first-order chi connectivity index (χ1) is 9.83. The van der Waals surface area contributed by atoms with E-state index in [-0.39, 0.29) is 6.10 Å². The van der Waals surface area contributed by atoms with Crippen LogP contribution in [0.25, 0.3) is 16.7 Å². The van der Waals surface area contributed by atoms with Crippen molar-refractivity contribution in [3.63, 3.8) is 0 Å². The summed E-state index contributed by atoms with van der Waals surface area (Å²) in [5.41, 5.74) is 11.6. The molecule has 1 aliphatic carbocycles. The molecule has 2 heteroatoms. The maximum Gasteiger partial charge on any atom is 0.130 e. The topological polar surface area (TPSA) is 35.2 Å². The molecule has 0 aromatic heterocycles. The number of rotatable bonds is 1. The van der Waals surface area contributed by atoms with E-state index in [1.807, 2.05) is 24.3 Å². The van der Waals surface area contributed by atoms with Crippen LogP contribution in [-0.2, 0) is 0 Å². The summed E-state index contributed by atoms with van der Waals surface area (Å²) < 4.78 is 6.05. The number of allylic oxidation sites excluding steroid dienone is 1. The van der Waals surface area contributed by atoms with Crippen LogP contribution in [0.5, 0.6) is 5.75 Å². The third-order valence-electron chi connectivity index (χ3n) is 3.93. The van der Waals surface area contributed by atoms with Crippen LogP contribution in [0.4, 0.5) is 0 Å². The second-order valence-corrected chi connectivity index (χ2v) is 5.19. The minimum absolute atomic E-state index is 0.0843. The normalized spacial score (nSPS) is 19.5.